The summed E-state index contributed by atoms with van der Waals surface area (Å²) in [6.45, 7) is 4.61. The van der Waals surface area contributed by atoms with Gasteiger partial charge < -0.3 is 5.32 Å². The van der Waals surface area contributed by atoms with Gasteiger partial charge in [-0.05, 0) is 51.3 Å². The van der Waals surface area contributed by atoms with Gasteiger partial charge in [0.25, 0.3) is 0 Å². The van der Waals surface area contributed by atoms with Crippen molar-refractivity contribution in [2.45, 2.75) is 57.3 Å². The van der Waals surface area contributed by atoms with Gasteiger partial charge in [0.05, 0.1) is 5.69 Å². The number of nitrogens with zero attached hydrogens (tertiary/aromatic N) is 2. The second kappa shape index (κ2) is 5.04. The number of aryl methyl sites for hydroxylation is 1. The van der Waals surface area contributed by atoms with Gasteiger partial charge in [-0.3, -0.25) is 4.68 Å². The Morgan fingerprint density at radius 3 is 2.39 bits per heavy atom. The molecule has 1 saturated carbocycles. The van der Waals surface area contributed by atoms with Crippen molar-refractivity contribution in [3.63, 3.8) is 0 Å². The fourth-order valence-corrected chi connectivity index (χ4v) is 3.92. The van der Waals surface area contributed by atoms with E-state index in [-0.39, 0.29) is 0 Å². The van der Waals surface area contributed by atoms with Crippen molar-refractivity contribution in [3.05, 3.63) is 17.0 Å². The summed E-state index contributed by atoms with van der Waals surface area (Å²) in [4.78, 5) is 0. The third-order valence-corrected chi connectivity index (χ3v) is 4.84. The minimum absolute atomic E-state index is 0.688. The average molecular weight is 247 g/mol. The SMILES string of the molecule is Cc1c(C2CCNCC2)nn(C)c1C1CCCC1. The van der Waals surface area contributed by atoms with E-state index in [0.717, 1.165) is 19.0 Å². The van der Waals surface area contributed by atoms with Gasteiger partial charge in [0.1, 0.15) is 0 Å². The van der Waals surface area contributed by atoms with Crippen LogP contribution in [0.4, 0.5) is 0 Å². The van der Waals surface area contributed by atoms with Gasteiger partial charge in [0, 0.05) is 24.6 Å². The van der Waals surface area contributed by atoms with Gasteiger partial charge in [-0.15, -0.1) is 0 Å². The molecule has 1 saturated heterocycles. The molecule has 3 heteroatoms. The van der Waals surface area contributed by atoms with E-state index >= 15 is 0 Å². The van der Waals surface area contributed by atoms with Crippen LogP contribution in [0.2, 0.25) is 0 Å². The summed E-state index contributed by atoms with van der Waals surface area (Å²) in [7, 11) is 2.14. The largest absolute Gasteiger partial charge is 0.317 e. The van der Waals surface area contributed by atoms with Crippen LogP contribution in [0.25, 0.3) is 0 Å². The summed E-state index contributed by atoms with van der Waals surface area (Å²) in [6.07, 6.45) is 8.04. The van der Waals surface area contributed by atoms with Gasteiger partial charge in [0.2, 0.25) is 0 Å². The van der Waals surface area contributed by atoms with Crippen LogP contribution in [0.5, 0.6) is 0 Å². The lowest BCUT2D eigenvalue weighted by atomic mass is 9.90. The Balaban J connectivity index is 1.89. The first-order valence-electron chi connectivity index (χ1n) is 7.51. The van der Waals surface area contributed by atoms with E-state index in [1.807, 2.05) is 0 Å². The Hall–Kier alpha value is -0.830. The van der Waals surface area contributed by atoms with Gasteiger partial charge in [-0.25, -0.2) is 0 Å². The van der Waals surface area contributed by atoms with E-state index in [1.165, 1.54) is 55.5 Å². The number of piperidine rings is 1. The Kier molecular flexibility index (Phi) is 3.42. The summed E-state index contributed by atoms with van der Waals surface area (Å²) in [5.41, 5.74) is 4.42. The normalized spacial score (nSPS) is 22.8. The molecule has 100 valence electrons. The molecule has 1 aromatic rings. The van der Waals surface area contributed by atoms with Crippen LogP contribution in [0.3, 0.4) is 0 Å². The fraction of sp³-hybridized carbons (Fsp3) is 0.800. The maximum Gasteiger partial charge on any atom is 0.0688 e. The van der Waals surface area contributed by atoms with Crippen molar-refractivity contribution in [3.8, 4) is 0 Å². The van der Waals surface area contributed by atoms with E-state index in [9.17, 15) is 0 Å². The van der Waals surface area contributed by atoms with Gasteiger partial charge in [-0.1, -0.05) is 12.8 Å². The number of rotatable bonds is 2. The first kappa shape index (κ1) is 12.2. The molecule has 0 unspecified atom stereocenters. The van der Waals surface area contributed by atoms with Crippen molar-refractivity contribution >= 4 is 0 Å². The average Bonchev–Trinajstić information content (AvgIpc) is 2.99. The molecule has 2 aliphatic rings. The first-order valence-corrected chi connectivity index (χ1v) is 7.51. The molecule has 0 atom stereocenters. The second-order valence-corrected chi connectivity index (χ2v) is 6.02. The maximum absolute atomic E-state index is 4.87. The summed E-state index contributed by atoms with van der Waals surface area (Å²) in [5, 5.41) is 8.31. The van der Waals surface area contributed by atoms with Crippen LogP contribution in [0, 0.1) is 6.92 Å². The van der Waals surface area contributed by atoms with Crippen molar-refractivity contribution in [1.82, 2.24) is 15.1 Å². The fourth-order valence-electron chi connectivity index (χ4n) is 3.92. The molecule has 1 aromatic heterocycles. The van der Waals surface area contributed by atoms with Crippen molar-refractivity contribution < 1.29 is 0 Å². The van der Waals surface area contributed by atoms with E-state index in [1.54, 1.807) is 0 Å². The van der Waals surface area contributed by atoms with E-state index in [2.05, 4.69) is 24.0 Å². The highest BCUT2D eigenvalue weighted by Crippen LogP contribution is 2.38. The Morgan fingerprint density at radius 1 is 1.06 bits per heavy atom. The van der Waals surface area contributed by atoms with E-state index < -0.39 is 0 Å². The molecular formula is C15H25N3. The molecule has 0 bridgehead atoms. The summed E-state index contributed by atoms with van der Waals surface area (Å²) in [5.74, 6) is 1.46. The molecule has 3 nitrogen and oxygen atoms in total. The highest BCUT2D eigenvalue weighted by molar-refractivity contribution is 5.31. The molecular weight excluding hydrogens is 222 g/mol. The quantitative estimate of drug-likeness (QED) is 0.871. The van der Waals surface area contributed by atoms with E-state index in [4.69, 9.17) is 5.10 Å². The maximum atomic E-state index is 4.87. The van der Waals surface area contributed by atoms with Crippen LogP contribution < -0.4 is 5.32 Å². The monoisotopic (exact) mass is 247 g/mol. The lowest BCUT2D eigenvalue weighted by Crippen LogP contribution is -2.27. The molecule has 0 radical (unpaired) electrons. The second-order valence-electron chi connectivity index (χ2n) is 6.02. The summed E-state index contributed by atoms with van der Waals surface area (Å²) in [6, 6.07) is 0. The predicted molar refractivity (Wildman–Crippen MR) is 74.0 cm³/mol. The van der Waals surface area contributed by atoms with Crippen molar-refractivity contribution in [2.24, 2.45) is 7.05 Å². The number of aromatic nitrogens is 2. The minimum atomic E-state index is 0.688. The zero-order valence-electron chi connectivity index (χ0n) is 11.7. The van der Waals surface area contributed by atoms with Gasteiger partial charge in [0.15, 0.2) is 0 Å². The lowest BCUT2D eigenvalue weighted by molar-refractivity contribution is 0.448. The summed E-state index contributed by atoms with van der Waals surface area (Å²) < 4.78 is 2.18. The number of hydrogen-bond donors (Lipinski definition) is 1. The zero-order chi connectivity index (χ0) is 12.5. The highest BCUT2D eigenvalue weighted by Gasteiger charge is 2.27. The van der Waals surface area contributed by atoms with Crippen LogP contribution in [-0.2, 0) is 7.05 Å². The number of hydrogen-bond acceptors (Lipinski definition) is 2. The first-order chi connectivity index (χ1) is 8.77. The van der Waals surface area contributed by atoms with Crippen molar-refractivity contribution in [2.75, 3.05) is 13.1 Å². The molecule has 0 amide bonds. The molecule has 0 aromatic carbocycles. The molecule has 3 rings (SSSR count). The number of nitrogens with one attached hydrogen (secondary N) is 1. The molecule has 18 heavy (non-hydrogen) atoms. The Bertz CT molecular complexity index is 410. The standard InChI is InChI=1S/C15H25N3/c1-11-14(12-7-9-16-10-8-12)17-18(2)15(11)13-5-3-4-6-13/h12-13,16H,3-10H2,1-2H3. The molecule has 1 aliphatic carbocycles. The van der Waals surface area contributed by atoms with Crippen molar-refractivity contribution in [1.29, 1.82) is 0 Å². The Labute approximate surface area is 110 Å². The van der Waals surface area contributed by atoms with Crippen LogP contribution in [-0.4, -0.2) is 22.9 Å². The Morgan fingerprint density at radius 2 is 1.72 bits per heavy atom. The zero-order valence-corrected chi connectivity index (χ0v) is 11.7. The minimum Gasteiger partial charge on any atom is -0.317 e. The topological polar surface area (TPSA) is 29.9 Å². The molecule has 1 aliphatic heterocycles. The summed E-state index contributed by atoms with van der Waals surface area (Å²) >= 11 is 0. The molecule has 2 fully saturated rings. The van der Waals surface area contributed by atoms with Crippen LogP contribution in [0.1, 0.15) is 67.3 Å². The third-order valence-electron chi connectivity index (χ3n) is 4.84. The molecule has 2 heterocycles. The highest BCUT2D eigenvalue weighted by atomic mass is 15.3. The third kappa shape index (κ3) is 2.09. The van der Waals surface area contributed by atoms with Crippen LogP contribution >= 0.6 is 0 Å². The molecule has 0 spiro atoms. The molecule has 1 N–H and O–H groups in total. The van der Waals surface area contributed by atoms with Gasteiger partial charge in [-0.2, -0.15) is 5.10 Å². The van der Waals surface area contributed by atoms with Gasteiger partial charge >= 0.3 is 0 Å². The van der Waals surface area contributed by atoms with Crippen LogP contribution in [0.15, 0.2) is 0 Å². The predicted octanol–water partition coefficient (Wildman–Crippen LogP) is 2.85. The van der Waals surface area contributed by atoms with E-state index in [0.29, 0.717) is 5.92 Å². The lowest BCUT2D eigenvalue weighted by Gasteiger charge is -2.21. The smallest absolute Gasteiger partial charge is 0.0688 e.